The van der Waals surface area contributed by atoms with Crippen LogP contribution in [0.5, 0.6) is 0 Å². The number of guanidine groups is 1. The summed E-state index contributed by atoms with van der Waals surface area (Å²) in [5, 5.41) is 6.86. The van der Waals surface area contributed by atoms with Crippen LogP contribution in [0.1, 0.15) is 57.8 Å². The number of ether oxygens (including phenoxy) is 1. The predicted molar refractivity (Wildman–Crippen MR) is 102 cm³/mol. The second kappa shape index (κ2) is 11.7. The van der Waals surface area contributed by atoms with E-state index in [4.69, 9.17) is 4.74 Å². The van der Waals surface area contributed by atoms with Crippen LogP contribution in [-0.4, -0.2) is 63.8 Å². The van der Waals surface area contributed by atoms with E-state index >= 15 is 0 Å². The van der Waals surface area contributed by atoms with Crippen LogP contribution in [0, 0.1) is 5.92 Å². The number of aliphatic imine (C=N–C) groups is 1. The number of hydrogen-bond donors (Lipinski definition) is 2. The molecule has 0 amide bonds. The molecule has 24 heavy (non-hydrogen) atoms. The molecule has 5 nitrogen and oxygen atoms in total. The minimum atomic E-state index is 0.519. The summed E-state index contributed by atoms with van der Waals surface area (Å²) in [6, 6.07) is 0. The zero-order chi connectivity index (χ0) is 17.0. The molecule has 5 heteroatoms. The maximum absolute atomic E-state index is 5.96. The molecule has 1 aliphatic carbocycles. The first kappa shape index (κ1) is 19.5. The third kappa shape index (κ3) is 7.84. The standard InChI is InChI=1S/C19H38N4O/c1-20-19(22-13-9-17-10-14-23(2)15-11-17)21-12-6-16-24-18-7-4-3-5-8-18/h17-18H,3-16H2,1-2H3,(H2,20,21,22). The van der Waals surface area contributed by atoms with E-state index in [1.54, 1.807) is 0 Å². The molecule has 2 aliphatic rings. The van der Waals surface area contributed by atoms with Crippen LogP contribution in [0.25, 0.3) is 0 Å². The van der Waals surface area contributed by atoms with Gasteiger partial charge < -0.3 is 20.3 Å². The van der Waals surface area contributed by atoms with Crippen molar-refractivity contribution in [2.45, 2.75) is 63.9 Å². The molecule has 0 bridgehead atoms. The molecule has 0 aromatic heterocycles. The van der Waals surface area contributed by atoms with E-state index in [0.717, 1.165) is 38.0 Å². The van der Waals surface area contributed by atoms with Crippen LogP contribution in [0.4, 0.5) is 0 Å². The molecule has 2 fully saturated rings. The van der Waals surface area contributed by atoms with Gasteiger partial charge >= 0.3 is 0 Å². The van der Waals surface area contributed by atoms with Crippen LogP contribution >= 0.6 is 0 Å². The topological polar surface area (TPSA) is 48.9 Å². The fourth-order valence-electron chi connectivity index (χ4n) is 3.73. The Labute approximate surface area is 148 Å². The number of likely N-dealkylation sites (tertiary alicyclic amines) is 1. The summed E-state index contributed by atoms with van der Waals surface area (Å²) in [5.74, 6) is 1.80. The van der Waals surface area contributed by atoms with E-state index in [2.05, 4.69) is 27.6 Å². The molecule has 0 spiro atoms. The van der Waals surface area contributed by atoms with Gasteiger partial charge in [0.15, 0.2) is 5.96 Å². The van der Waals surface area contributed by atoms with Crippen molar-refractivity contribution in [2.24, 2.45) is 10.9 Å². The van der Waals surface area contributed by atoms with Crippen LogP contribution in [0.2, 0.25) is 0 Å². The summed E-state index contributed by atoms with van der Waals surface area (Å²) in [4.78, 5) is 6.75. The lowest BCUT2D eigenvalue weighted by molar-refractivity contribution is 0.0277. The first-order valence-electron chi connectivity index (χ1n) is 10.0. The molecule has 2 rings (SSSR count). The van der Waals surface area contributed by atoms with Gasteiger partial charge in [0.2, 0.25) is 0 Å². The monoisotopic (exact) mass is 338 g/mol. The van der Waals surface area contributed by atoms with Crippen molar-refractivity contribution < 1.29 is 4.74 Å². The molecule has 1 saturated heterocycles. The van der Waals surface area contributed by atoms with Crippen molar-refractivity contribution in [1.29, 1.82) is 0 Å². The van der Waals surface area contributed by atoms with Gasteiger partial charge in [-0.1, -0.05) is 19.3 Å². The average molecular weight is 339 g/mol. The zero-order valence-electron chi connectivity index (χ0n) is 15.9. The van der Waals surface area contributed by atoms with Crippen molar-refractivity contribution >= 4 is 5.96 Å². The Morgan fingerprint density at radius 3 is 2.46 bits per heavy atom. The third-order valence-corrected chi connectivity index (χ3v) is 5.43. The SMILES string of the molecule is CN=C(NCCCOC1CCCCC1)NCCC1CCN(C)CC1. The summed E-state index contributed by atoms with van der Waals surface area (Å²) < 4.78 is 5.96. The Morgan fingerprint density at radius 2 is 1.75 bits per heavy atom. The summed E-state index contributed by atoms with van der Waals surface area (Å²) in [5.41, 5.74) is 0. The maximum atomic E-state index is 5.96. The van der Waals surface area contributed by atoms with E-state index in [0.29, 0.717) is 6.10 Å². The zero-order valence-corrected chi connectivity index (χ0v) is 15.9. The minimum Gasteiger partial charge on any atom is -0.378 e. The van der Waals surface area contributed by atoms with E-state index in [9.17, 15) is 0 Å². The Bertz CT molecular complexity index is 347. The van der Waals surface area contributed by atoms with Gasteiger partial charge in [-0.05, 0) is 64.6 Å². The maximum Gasteiger partial charge on any atom is 0.190 e. The van der Waals surface area contributed by atoms with Crippen molar-refractivity contribution in [1.82, 2.24) is 15.5 Å². The highest BCUT2D eigenvalue weighted by Gasteiger charge is 2.16. The molecule has 0 radical (unpaired) electrons. The highest BCUT2D eigenvalue weighted by Crippen LogP contribution is 2.20. The minimum absolute atomic E-state index is 0.519. The Balaban J connectivity index is 1.46. The second-order valence-corrected chi connectivity index (χ2v) is 7.45. The van der Waals surface area contributed by atoms with Crippen molar-refractivity contribution in [2.75, 3.05) is 46.9 Å². The molecule has 140 valence electrons. The highest BCUT2D eigenvalue weighted by atomic mass is 16.5. The second-order valence-electron chi connectivity index (χ2n) is 7.45. The summed E-state index contributed by atoms with van der Waals surface area (Å²) in [6.45, 7) is 5.31. The van der Waals surface area contributed by atoms with Gasteiger partial charge in [0.05, 0.1) is 6.10 Å². The van der Waals surface area contributed by atoms with Crippen LogP contribution in [0.15, 0.2) is 4.99 Å². The predicted octanol–water partition coefficient (Wildman–Crippen LogP) is 2.62. The van der Waals surface area contributed by atoms with Crippen molar-refractivity contribution in [3.63, 3.8) is 0 Å². The summed E-state index contributed by atoms with van der Waals surface area (Å²) in [7, 11) is 4.07. The largest absolute Gasteiger partial charge is 0.378 e. The van der Waals surface area contributed by atoms with Crippen LogP contribution < -0.4 is 10.6 Å². The van der Waals surface area contributed by atoms with Gasteiger partial charge in [-0.25, -0.2) is 0 Å². The van der Waals surface area contributed by atoms with E-state index in [1.807, 2.05) is 7.05 Å². The molecule has 2 N–H and O–H groups in total. The molecule has 0 aromatic carbocycles. The Hall–Kier alpha value is -0.810. The molecular formula is C19H38N4O. The number of hydrogen-bond acceptors (Lipinski definition) is 3. The first-order valence-corrected chi connectivity index (χ1v) is 10.0. The van der Waals surface area contributed by atoms with Crippen molar-refractivity contribution in [3.8, 4) is 0 Å². The lowest BCUT2D eigenvalue weighted by atomic mass is 9.94. The van der Waals surface area contributed by atoms with Gasteiger partial charge in [-0.15, -0.1) is 0 Å². The molecular weight excluding hydrogens is 300 g/mol. The van der Waals surface area contributed by atoms with E-state index in [1.165, 1.54) is 64.5 Å². The van der Waals surface area contributed by atoms with Gasteiger partial charge in [-0.2, -0.15) is 0 Å². The lowest BCUT2D eigenvalue weighted by Crippen LogP contribution is -2.39. The lowest BCUT2D eigenvalue weighted by Gasteiger charge is -2.29. The molecule has 1 heterocycles. The van der Waals surface area contributed by atoms with Crippen LogP contribution in [-0.2, 0) is 4.74 Å². The average Bonchev–Trinajstić information content (AvgIpc) is 2.62. The van der Waals surface area contributed by atoms with Crippen molar-refractivity contribution in [3.05, 3.63) is 0 Å². The smallest absolute Gasteiger partial charge is 0.190 e. The molecule has 1 aliphatic heterocycles. The van der Waals surface area contributed by atoms with Crippen LogP contribution in [0.3, 0.4) is 0 Å². The first-order chi connectivity index (χ1) is 11.8. The third-order valence-electron chi connectivity index (χ3n) is 5.43. The number of nitrogens with zero attached hydrogens (tertiary/aromatic N) is 2. The fraction of sp³-hybridized carbons (Fsp3) is 0.947. The Kier molecular flexibility index (Phi) is 9.51. The normalized spacial score (nSPS) is 21.8. The number of piperidine rings is 1. The molecule has 1 saturated carbocycles. The quantitative estimate of drug-likeness (QED) is 0.406. The fourth-order valence-corrected chi connectivity index (χ4v) is 3.73. The molecule has 0 atom stereocenters. The number of nitrogens with one attached hydrogen (secondary N) is 2. The molecule has 0 aromatic rings. The van der Waals surface area contributed by atoms with Gasteiger partial charge in [0, 0.05) is 26.7 Å². The van der Waals surface area contributed by atoms with Gasteiger partial charge in [0.1, 0.15) is 0 Å². The number of rotatable bonds is 8. The molecule has 0 unspecified atom stereocenters. The van der Waals surface area contributed by atoms with E-state index in [-0.39, 0.29) is 0 Å². The summed E-state index contributed by atoms with van der Waals surface area (Å²) in [6.07, 6.45) is 12.1. The van der Waals surface area contributed by atoms with E-state index < -0.39 is 0 Å². The summed E-state index contributed by atoms with van der Waals surface area (Å²) >= 11 is 0. The van der Waals surface area contributed by atoms with Gasteiger partial charge in [-0.3, -0.25) is 4.99 Å². The Morgan fingerprint density at radius 1 is 1.04 bits per heavy atom. The van der Waals surface area contributed by atoms with Gasteiger partial charge in [0.25, 0.3) is 0 Å². The highest BCUT2D eigenvalue weighted by molar-refractivity contribution is 5.79.